The van der Waals surface area contributed by atoms with Crippen molar-refractivity contribution in [2.75, 3.05) is 0 Å². The lowest BCUT2D eigenvalue weighted by Gasteiger charge is -2.19. The standard InChI is InChI=1S/C21H24N2O2/c1-3-16-12-18(25-14-15-8-6-5-7-9-15)13-17(4-2)19(16)20(24)21-22-10-11-23-21/h5-13,20,24H,3-4,14H2,1-2H3,(H,22,23). The van der Waals surface area contributed by atoms with Gasteiger partial charge in [-0.2, -0.15) is 0 Å². The molecular weight excluding hydrogens is 312 g/mol. The highest BCUT2D eigenvalue weighted by Crippen LogP contribution is 2.31. The summed E-state index contributed by atoms with van der Waals surface area (Å²) in [7, 11) is 0. The van der Waals surface area contributed by atoms with Crippen LogP contribution in [-0.4, -0.2) is 15.1 Å². The number of nitrogens with one attached hydrogen (secondary N) is 1. The van der Waals surface area contributed by atoms with Gasteiger partial charge in [0.05, 0.1) is 0 Å². The number of nitrogens with zero attached hydrogens (tertiary/aromatic N) is 1. The van der Waals surface area contributed by atoms with Gasteiger partial charge in [-0.25, -0.2) is 4.98 Å². The van der Waals surface area contributed by atoms with Gasteiger partial charge < -0.3 is 14.8 Å². The van der Waals surface area contributed by atoms with E-state index >= 15 is 0 Å². The van der Waals surface area contributed by atoms with Crippen molar-refractivity contribution in [3.8, 4) is 5.75 Å². The predicted octanol–water partition coefficient (Wildman–Crippen LogP) is 4.20. The summed E-state index contributed by atoms with van der Waals surface area (Å²) in [5.74, 6) is 1.41. The van der Waals surface area contributed by atoms with E-state index in [-0.39, 0.29) is 0 Å². The molecule has 3 rings (SSSR count). The Kier molecular flexibility index (Phi) is 5.51. The van der Waals surface area contributed by atoms with Crippen molar-refractivity contribution >= 4 is 0 Å². The van der Waals surface area contributed by atoms with Gasteiger partial charge in [0.25, 0.3) is 0 Å². The van der Waals surface area contributed by atoms with Crippen molar-refractivity contribution in [1.82, 2.24) is 9.97 Å². The summed E-state index contributed by atoms with van der Waals surface area (Å²) < 4.78 is 6.00. The van der Waals surface area contributed by atoms with E-state index in [1.165, 1.54) is 0 Å². The molecule has 1 aromatic heterocycles. The monoisotopic (exact) mass is 336 g/mol. The van der Waals surface area contributed by atoms with E-state index in [1.54, 1.807) is 12.4 Å². The van der Waals surface area contributed by atoms with Crippen LogP contribution in [0.1, 0.15) is 48.0 Å². The zero-order valence-corrected chi connectivity index (χ0v) is 14.7. The number of rotatable bonds is 7. The zero-order chi connectivity index (χ0) is 17.6. The molecule has 1 heterocycles. The Labute approximate surface area is 148 Å². The molecule has 0 spiro atoms. The second-order valence-electron chi connectivity index (χ2n) is 6.01. The molecule has 3 aromatic rings. The van der Waals surface area contributed by atoms with Gasteiger partial charge in [-0.1, -0.05) is 44.2 Å². The average Bonchev–Trinajstić information content (AvgIpc) is 3.20. The molecule has 0 radical (unpaired) electrons. The van der Waals surface area contributed by atoms with E-state index in [0.717, 1.165) is 40.8 Å². The molecule has 1 unspecified atom stereocenters. The number of benzene rings is 2. The van der Waals surface area contributed by atoms with Crippen LogP contribution in [0.2, 0.25) is 0 Å². The zero-order valence-electron chi connectivity index (χ0n) is 14.7. The largest absolute Gasteiger partial charge is 0.489 e. The summed E-state index contributed by atoms with van der Waals surface area (Å²) in [6.45, 7) is 4.72. The first-order chi connectivity index (χ1) is 12.2. The minimum absolute atomic E-state index is 0.535. The van der Waals surface area contributed by atoms with Crippen molar-refractivity contribution in [3.63, 3.8) is 0 Å². The number of hydrogen-bond acceptors (Lipinski definition) is 3. The summed E-state index contributed by atoms with van der Waals surface area (Å²) in [5.41, 5.74) is 4.25. The minimum atomic E-state index is -0.747. The van der Waals surface area contributed by atoms with Crippen LogP contribution in [-0.2, 0) is 19.4 Å². The number of aromatic nitrogens is 2. The summed E-state index contributed by atoms with van der Waals surface area (Å²) >= 11 is 0. The molecule has 0 fully saturated rings. The maximum absolute atomic E-state index is 10.8. The average molecular weight is 336 g/mol. The third kappa shape index (κ3) is 3.91. The van der Waals surface area contributed by atoms with Crippen molar-refractivity contribution in [2.24, 2.45) is 0 Å². The molecule has 0 saturated heterocycles. The second kappa shape index (κ2) is 7.99. The molecule has 0 aliphatic heterocycles. The summed E-state index contributed by atoms with van der Waals surface area (Å²) in [6, 6.07) is 14.2. The third-order valence-electron chi connectivity index (χ3n) is 4.39. The van der Waals surface area contributed by atoms with Gasteiger partial charge in [-0.3, -0.25) is 0 Å². The Morgan fingerprint density at radius 1 is 1.08 bits per heavy atom. The lowest BCUT2D eigenvalue weighted by Crippen LogP contribution is -2.10. The number of aryl methyl sites for hydroxylation is 2. The van der Waals surface area contributed by atoms with Crippen LogP contribution >= 0.6 is 0 Å². The highest BCUT2D eigenvalue weighted by atomic mass is 16.5. The molecule has 4 nitrogen and oxygen atoms in total. The fourth-order valence-corrected chi connectivity index (χ4v) is 3.07. The number of imidazole rings is 1. The molecule has 25 heavy (non-hydrogen) atoms. The molecule has 0 amide bonds. The first kappa shape index (κ1) is 17.2. The van der Waals surface area contributed by atoms with Crippen molar-refractivity contribution in [2.45, 2.75) is 39.4 Å². The van der Waals surface area contributed by atoms with Crippen LogP contribution in [0.3, 0.4) is 0 Å². The number of aliphatic hydroxyl groups is 1. The predicted molar refractivity (Wildman–Crippen MR) is 98.6 cm³/mol. The molecule has 0 aliphatic carbocycles. The van der Waals surface area contributed by atoms with Crippen molar-refractivity contribution in [1.29, 1.82) is 0 Å². The van der Waals surface area contributed by atoms with E-state index in [0.29, 0.717) is 12.4 Å². The molecule has 0 saturated carbocycles. The van der Waals surface area contributed by atoms with E-state index in [2.05, 4.69) is 35.9 Å². The maximum Gasteiger partial charge on any atom is 0.139 e. The third-order valence-corrected chi connectivity index (χ3v) is 4.39. The minimum Gasteiger partial charge on any atom is -0.489 e. The number of H-pyrrole nitrogens is 1. The molecule has 1 atom stereocenters. The number of hydrogen-bond donors (Lipinski definition) is 2. The number of aromatic amines is 1. The van der Waals surface area contributed by atoms with E-state index < -0.39 is 6.10 Å². The lowest BCUT2D eigenvalue weighted by molar-refractivity contribution is 0.208. The summed E-state index contributed by atoms with van der Waals surface area (Å²) in [5, 5.41) is 10.8. The Balaban J connectivity index is 1.89. The van der Waals surface area contributed by atoms with Gasteiger partial charge in [-0.15, -0.1) is 0 Å². The van der Waals surface area contributed by atoms with E-state index in [9.17, 15) is 5.11 Å². The van der Waals surface area contributed by atoms with Crippen LogP contribution < -0.4 is 4.74 Å². The highest BCUT2D eigenvalue weighted by molar-refractivity contribution is 5.45. The van der Waals surface area contributed by atoms with Crippen molar-refractivity contribution in [3.05, 3.63) is 82.9 Å². The van der Waals surface area contributed by atoms with Crippen LogP contribution in [0.4, 0.5) is 0 Å². The maximum atomic E-state index is 10.8. The Bertz CT molecular complexity index is 773. The van der Waals surface area contributed by atoms with Gasteiger partial charge in [0.2, 0.25) is 0 Å². The Hall–Kier alpha value is -2.59. The van der Waals surface area contributed by atoms with E-state index in [4.69, 9.17) is 4.74 Å². The summed E-state index contributed by atoms with van der Waals surface area (Å²) in [4.78, 5) is 7.21. The first-order valence-corrected chi connectivity index (χ1v) is 8.72. The summed E-state index contributed by atoms with van der Waals surface area (Å²) in [6.07, 6.45) is 4.29. The molecule has 2 N–H and O–H groups in total. The molecule has 0 aliphatic rings. The fraction of sp³-hybridized carbons (Fsp3) is 0.286. The van der Waals surface area contributed by atoms with Crippen LogP contribution in [0.5, 0.6) is 5.75 Å². The van der Waals surface area contributed by atoms with Gasteiger partial charge in [0.1, 0.15) is 24.3 Å². The second-order valence-corrected chi connectivity index (χ2v) is 6.01. The highest BCUT2D eigenvalue weighted by Gasteiger charge is 2.20. The Morgan fingerprint density at radius 2 is 1.76 bits per heavy atom. The van der Waals surface area contributed by atoms with Crippen LogP contribution in [0.15, 0.2) is 54.9 Å². The van der Waals surface area contributed by atoms with Gasteiger partial charge in [0.15, 0.2) is 0 Å². The quantitative estimate of drug-likeness (QED) is 0.680. The van der Waals surface area contributed by atoms with Gasteiger partial charge >= 0.3 is 0 Å². The normalized spacial score (nSPS) is 12.1. The topological polar surface area (TPSA) is 58.1 Å². The lowest BCUT2D eigenvalue weighted by atomic mass is 9.92. The van der Waals surface area contributed by atoms with E-state index in [1.807, 2.05) is 30.3 Å². The van der Waals surface area contributed by atoms with Crippen molar-refractivity contribution < 1.29 is 9.84 Å². The number of ether oxygens (including phenoxy) is 1. The Morgan fingerprint density at radius 3 is 2.32 bits per heavy atom. The molecule has 130 valence electrons. The molecule has 2 aromatic carbocycles. The van der Waals surface area contributed by atoms with Crippen LogP contribution in [0.25, 0.3) is 0 Å². The molecule has 0 bridgehead atoms. The van der Waals surface area contributed by atoms with Crippen LogP contribution in [0, 0.1) is 0 Å². The number of aliphatic hydroxyl groups excluding tert-OH is 1. The molecular formula is C21H24N2O2. The van der Waals surface area contributed by atoms with Gasteiger partial charge in [-0.05, 0) is 47.2 Å². The van der Waals surface area contributed by atoms with Gasteiger partial charge in [0, 0.05) is 12.4 Å². The smallest absolute Gasteiger partial charge is 0.139 e. The molecule has 4 heteroatoms. The first-order valence-electron chi connectivity index (χ1n) is 8.72. The SMILES string of the molecule is CCc1cc(OCc2ccccc2)cc(CC)c1C(O)c1ncc[nH]1. The fourth-order valence-electron chi connectivity index (χ4n) is 3.07.